The Morgan fingerprint density at radius 1 is 1.23 bits per heavy atom. The molecule has 144 valence electrons. The molecule has 1 heterocycles. The van der Waals surface area contributed by atoms with E-state index in [1.54, 1.807) is 0 Å². The predicted octanol–water partition coefficient (Wildman–Crippen LogP) is 4.55. The number of benzene rings is 1. The van der Waals surface area contributed by atoms with E-state index in [1.807, 2.05) is 0 Å². The first-order chi connectivity index (χ1) is 11.9. The van der Waals surface area contributed by atoms with Crippen LogP contribution >= 0.6 is 11.6 Å². The van der Waals surface area contributed by atoms with Gasteiger partial charge in [-0.1, -0.05) is 11.6 Å². The number of hydrogen-bond donors (Lipinski definition) is 0. The Morgan fingerprint density at radius 2 is 1.88 bits per heavy atom. The van der Waals surface area contributed by atoms with Crippen LogP contribution in [0.25, 0.3) is 6.08 Å². The predicted molar refractivity (Wildman–Crippen MR) is 78.1 cm³/mol. The summed E-state index contributed by atoms with van der Waals surface area (Å²) in [7, 11) is 0. The zero-order chi connectivity index (χ0) is 19.7. The summed E-state index contributed by atoms with van der Waals surface area (Å²) in [6, 6.07) is 1.84. The maximum Gasteiger partial charge on any atom is 0.430 e. The van der Waals surface area contributed by atoms with Crippen molar-refractivity contribution in [2.75, 3.05) is 13.2 Å². The Morgan fingerprint density at radius 3 is 2.42 bits per heavy atom. The van der Waals surface area contributed by atoms with Crippen molar-refractivity contribution in [3.8, 4) is 11.5 Å². The SMILES string of the molecule is CCOC(=O)C1=Cc2cc(Cl)c(OCC(F)(F)F)cc2OC1C(F)(F)F. The van der Waals surface area contributed by atoms with E-state index < -0.39 is 48.1 Å². The van der Waals surface area contributed by atoms with Gasteiger partial charge in [0.1, 0.15) is 11.5 Å². The van der Waals surface area contributed by atoms with Crippen LogP contribution in [-0.2, 0) is 9.53 Å². The van der Waals surface area contributed by atoms with E-state index >= 15 is 0 Å². The number of hydrogen-bond acceptors (Lipinski definition) is 4. The van der Waals surface area contributed by atoms with Crippen LogP contribution in [0.5, 0.6) is 11.5 Å². The van der Waals surface area contributed by atoms with Crippen LogP contribution < -0.4 is 9.47 Å². The maximum absolute atomic E-state index is 13.2. The monoisotopic (exact) mass is 404 g/mol. The minimum Gasteiger partial charge on any atom is -0.482 e. The third kappa shape index (κ3) is 4.75. The smallest absolute Gasteiger partial charge is 0.430 e. The van der Waals surface area contributed by atoms with E-state index in [-0.39, 0.29) is 17.2 Å². The van der Waals surface area contributed by atoms with Crippen LogP contribution in [0.1, 0.15) is 12.5 Å². The van der Waals surface area contributed by atoms with Gasteiger partial charge in [-0.25, -0.2) is 4.79 Å². The molecule has 0 spiro atoms. The lowest BCUT2D eigenvalue weighted by atomic mass is 10.0. The zero-order valence-electron chi connectivity index (χ0n) is 13.0. The maximum atomic E-state index is 13.2. The van der Waals surface area contributed by atoms with Crippen LogP contribution in [-0.4, -0.2) is 37.6 Å². The number of carbonyl (C=O) groups excluding carboxylic acids is 1. The van der Waals surface area contributed by atoms with Crippen LogP contribution in [0.3, 0.4) is 0 Å². The lowest BCUT2D eigenvalue weighted by molar-refractivity contribution is -0.187. The van der Waals surface area contributed by atoms with Crippen molar-refractivity contribution in [2.45, 2.75) is 25.4 Å². The average Bonchev–Trinajstić information content (AvgIpc) is 2.50. The molecule has 1 aromatic rings. The summed E-state index contributed by atoms with van der Waals surface area (Å²) in [4.78, 5) is 11.8. The van der Waals surface area contributed by atoms with Gasteiger partial charge in [0.05, 0.1) is 17.2 Å². The number of alkyl halides is 6. The molecule has 0 N–H and O–H groups in total. The Bertz CT molecular complexity index is 726. The molecule has 0 saturated carbocycles. The molecule has 11 heteroatoms. The van der Waals surface area contributed by atoms with Gasteiger partial charge < -0.3 is 14.2 Å². The van der Waals surface area contributed by atoms with Crippen molar-refractivity contribution in [3.05, 3.63) is 28.3 Å². The molecule has 2 rings (SSSR count). The topological polar surface area (TPSA) is 44.8 Å². The molecule has 0 aliphatic carbocycles. The highest BCUT2D eigenvalue weighted by Gasteiger charge is 2.49. The van der Waals surface area contributed by atoms with Crippen LogP contribution in [0.2, 0.25) is 5.02 Å². The summed E-state index contributed by atoms with van der Waals surface area (Å²) < 4.78 is 90.1. The van der Waals surface area contributed by atoms with Crippen molar-refractivity contribution in [1.82, 2.24) is 0 Å². The fourth-order valence-corrected chi connectivity index (χ4v) is 2.32. The van der Waals surface area contributed by atoms with E-state index in [0.29, 0.717) is 0 Å². The molecule has 0 fully saturated rings. The summed E-state index contributed by atoms with van der Waals surface area (Å²) in [5.74, 6) is -2.16. The van der Waals surface area contributed by atoms with Gasteiger partial charge in [-0.3, -0.25) is 0 Å². The van der Waals surface area contributed by atoms with Crippen molar-refractivity contribution < 1.29 is 45.3 Å². The minimum absolute atomic E-state index is 0.0297. The van der Waals surface area contributed by atoms with Crippen LogP contribution in [0.15, 0.2) is 17.7 Å². The molecule has 26 heavy (non-hydrogen) atoms. The number of carbonyl (C=O) groups is 1. The average molecular weight is 405 g/mol. The van der Waals surface area contributed by atoms with Gasteiger partial charge in [0.25, 0.3) is 0 Å². The molecule has 0 radical (unpaired) electrons. The summed E-state index contributed by atoms with van der Waals surface area (Å²) >= 11 is 5.79. The quantitative estimate of drug-likeness (QED) is 0.545. The van der Waals surface area contributed by atoms with Gasteiger partial charge in [0.15, 0.2) is 6.61 Å². The van der Waals surface area contributed by atoms with Gasteiger partial charge in [-0.2, -0.15) is 26.3 Å². The molecule has 1 aliphatic rings. The van der Waals surface area contributed by atoms with E-state index in [0.717, 1.165) is 18.2 Å². The molecule has 0 amide bonds. The van der Waals surface area contributed by atoms with E-state index in [2.05, 4.69) is 9.47 Å². The van der Waals surface area contributed by atoms with Gasteiger partial charge >= 0.3 is 18.3 Å². The standard InChI is InChI=1S/C15H11ClF6O4/c1-2-24-13(23)8-3-7-4-9(16)11(25-6-14(17,18)19)5-10(7)26-12(8)15(20,21)22/h3-5,12H,2,6H2,1H3. The third-order valence-corrected chi connectivity index (χ3v) is 3.40. The van der Waals surface area contributed by atoms with Gasteiger partial charge in [0.2, 0.25) is 6.10 Å². The molecular formula is C15H11ClF6O4. The highest BCUT2D eigenvalue weighted by Crippen LogP contribution is 2.42. The van der Waals surface area contributed by atoms with E-state index in [4.69, 9.17) is 16.3 Å². The number of rotatable bonds is 4. The molecule has 4 nitrogen and oxygen atoms in total. The normalized spacial score (nSPS) is 17.1. The first-order valence-corrected chi connectivity index (χ1v) is 7.45. The summed E-state index contributed by atoms with van der Waals surface area (Å²) in [6.07, 6.45) is -11.4. The second-order valence-corrected chi connectivity index (χ2v) is 5.49. The lowest BCUT2D eigenvalue weighted by Gasteiger charge is -2.28. The number of fused-ring (bicyclic) bond motifs is 1. The van der Waals surface area contributed by atoms with Crippen LogP contribution in [0, 0.1) is 0 Å². The second kappa shape index (κ2) is 7.26. The number of esters is 1. The van der Waals surface area contributed by atoms with Crippen molar-refractivity contribution in [1.29, 1.82) is 0 Å². The van der Waals surface area contributed by atoms with Gasteiger partial charge in [0, 0.05) is 11.6 Å². The molecule has 1 unspecified atom stereocenters. The first kappa shape index (κ1) is 20.2. The molecule has 1 atom stereocenters. The summed E-state index contributed by atoms with van der Waals surface area (Å²) in [6.45, 7) is -0.420. The Hall–Kier alpha value is -2.10. The Labute approximate surface area is 148 Å². The fraction of sp³-hybridized carbons (Fsp3) is 0.400. The Balaban J connectivity index is 2.42. The van der Waals surface area contributed by atoms with Crippen molar-refractivity contribution in [2.24, 2.45) is 0 Å². The minimum atomic E-state index is -4.96. The van der Waals surface area contributed by atoms with Gasteiger partial charge in [-0.05, 0) is 19.1 Å². The zero-order valence-corrected chi connectivity index (χ0v) is 13.8. The van der Waals surface area contributed by atoms with Crippen molar-refractivity contribution >= 4 is 23.6 Å². The van der Waals surface area contributed by atoms with E-state index in [9.17, 15) is 31.1 Å². The highest BCUT2D eigenvalue weighted by atomic mass is 35.5. The molecule has 0 aromatic heterocycles. The largest absolute Gasteiger partial charge is 0.482 e. The van der Waals surface area contributed by atoms with Crippen LogP contribution in [0.4, 0.5) is 26.3 Å². The second-order valence-electron chi connectivity index (χ2n) is 5.08. The van der Waals surface area contributed by atoms with Gasteiger partial charge in [-0.15, -0.1) is 0 Å². The summed E-state index contributed by atoms with van der Waals surface area (Å²) in [5.41, 5.74) is -0.829. The molecular weight excluding hydrogens is 394 g/mol. The first-order valence-electron chi connectivity index (χ1n) is 7.07. The molecule has 0 saturated heterocycles. The number of halogens is 7. The van der Waals surface area contributed by atoms with Crippen molar-refractivity contribution in [3.63, 3.8) is 0 Å². The Kier molecular flexibility index (Phi) is 5.64. The highest BCUT2D eigenvalue weighted by molar-refractivity contribution is 6.32. The fourth-order valence-electron chi connectivity index (χ4n) is 2.09. The summed E-state index contributed by atoms with van der Waals surface area (Å²) in [5, 5.41) is -0.290. The third-order valence-electron chi connectivity index (χ3n) is 3.10. The lowest BCUT2D eigenvalue weighted by Crippen LogP contribution is -2.40. The van der Waals surface area contributed by atoms with E-state index in [1.165, 1.54) is 6.92 Å². The molecule has 1 aliphatic heterocycles. The number of ether oxygens (including phenoxy) is 3. The molecule has 0 bridgehead atoms. The molecule has 1 aromatic carbocycles.